The van der Waals surface area contributed by atoms with Gasteiger partial charge in [-0.05, 0) is 47.2 Å². The summed E-state index contributed by atoms with van der Waals surface area (Å²) in [6.45, 7) is 0. The van der Waals surface area contributed by atoms with Crippen molar-refractivity contribution in [2.75, 3.05) is 0 Å². The number of ether oxygens (including phenoxy) is 1. The standard InChI is InChI=1S/C28H28O5/c29-23(13-7-4-10-19-8-2-1-3-9-19)27-24(30)18-25(31)28(27)33-26(32)17-20-14-15-21-11-5-6-12-22(21)16-20/h1-3,5-6,8-9,11-16,24,27-30H,4,7,10,17-18H2/b23-13-. The lowest BCUT2D eigenvalue weighted by atomic mass is 9.99. The number of aliphatic hydroxyl groups is 2. The Morgan fingerprint density at radius 1 is 0.970 bits per heavy atom. The number of Topliss-reactive ketones (excluding diaryl/α,β-unsaturated/α-hetero) is 1. The van der Waals surface area contributed by atoms with E-state index < -0.39 is 24.1 Å². The number of hydrogen-bond acceptors (Lipinski definition) is 5. The quantitative estimate of drug-likeness (QED) is 0.299. The molecule has 0 aliphatic heterocycles. The second-order valence-electron chi connectivity index (χ2n) is 8.54. The van der Waals surface area contributed by atoms with Crippen molar-refractivity contribution in [2.24, 2.45) is 5.92 Å². The van der Waals surface area contributed by atoms with Gasteiger partial charge < -0.3 is 14.9 Å². The van der Waals surface area contributed by atoms with Crippen molar-refractivity contribution >= 4 is 22.5 Å². The van der Waals surface area contributed by atoms with Gasteiger partial charge in [0.05, 0.1) is 24.2 Å². The molecule has 4 rings (SSSR count). The van der Waals surface area contributed by atoms with Crippen molar-refractivity contribution in [1.82, 2.24) is 0 Å². The maximum Gasteiger partial charge on any atom is 0.310 e. The number of fused-ring (bicyclic) bond motifs is 1. The van der Waals surface area contributed by atoms with E-state index in [0.29, 0.717) is 6.42 Å². The third kappa shape index (κ3) is 5.68. The maximum atomic E-state index is 12.6. The molecule has 0 heterocycles. The Labute approximate surface area is 193 Å². The second kappa shape index (κ2) is 10.5. The molecule has 0 saturated heterocycles. The Bertz CT molecular complexity index is 1150. The molecular formula is C28H28O5. The maximum absolute atomic E-state index is 12.6. The molecule has 2 N–H and O–H groups in total. The first-order valence-electron chi connectivity index (χ1n) is 11.3. The van der Waals surface area contributed by atoms with Gasteiger partial charge in [0.15, 0.2) is 11.9 Å². The summed E-state index contributed by atoms with van der Waals surface area (Å²) < 4.78 is 5.47. The number of rotatable bonds is 8. The lowest BCUT2D eigenvalue weighted by molar-refractivity contribution is -0.155. The highest BCUT2D eigenvalue weighted by Crippen LogP contribution is 2.32. The zero-order valence-electron chi connectivity index (χ0n) is 18.4. The summed E-state index contributed by atoms with van der Waals surface area (Å²) in [6.07, 6.45) is 1.53. The monoisotopic (exact) mass is 444 g/mol. The Kier molecular flexibility index (Phi) is 7.20. The van der Waals surface area contributed by atoms with Crippen LogP contribution in [0.1, 0.15) is 30.4 Å². The summed E-state index contributed by atoms with van der Waals surface area (Å²) >= 11 is 0. The summed E-state index contributed by atoms with van der Waals surface area (Å²) in [7, 11) is 0. The highest BCUT2D eigenvalue weighted by molar-refractivity contribution is 5.90. The van der Waals surface area contributed by atoms with E-state index in [9.17, 15) is 19.8 Å². The topological polar surface area (TPSA) is 83.8 Å². The van der Waals surface area contributed by atoms with Crippen molar-refractivity contribution < 1.29 is 24.5 Å². The van der Waals surface area contributed by atoms with E-state index in [2.05, 4.69) is 0 Å². The van der Waals surface area contributed by atoms with Gasteiger partial charge in [0, 0.05) is 6.42 Å². The van der Waals surface area contributed by atoms with Crippen LogP contribution in [0.25, 0.3) is 10.8 Å². The Hall–Kier alpha value is -3.44. The fourth-order valence-corrected chi connectivity index (χ4v) is 4.38. The summed E-state index contributed by atoms with van der Waals surface area (Å²) in [4.78, 5) is 25.0. The van der Waals surface area contributed by atoms with Gasteiger partial charge in [0.2, 0.25) is 0 Å². The number of unbranched alkanes of at least 4 members (excludes halogenated alkanes) is 1. The summed E-state index contributed by atoms with van der Waals surface area (Å²) in [5, 5.41) is 23.0. The number of aliphatic hydroxyl groups excluding tert-OH is 2. The molecule has 1 aliphatic rings. The van der Waals surface area contributed by atoms with E-state index in [0.717, 1.165) is 29.2 Å². The molecule has 3 atom stereocenters. The number of allylic oxidation sites excluding steroid dienone is 1. The number of benzene rings is 3. The zero-order chi connectivity index (χ0) is 23.2. The van der Waals surface area contributed by atoms with E-state index in [-0.39, 0.29) is 24.4 Å². The van der Waals surface area contributed by atoms with Crippen molar-refractivity contribution in [3.05, 3.63) is 95.8 Å². The highest BCUT2D eigenvalue weighted by atomic mass is 16.5. The van der Waals surface area contributed by atoms with E-state index >= 15 is 0 Å². The van der Waals surface area contributed by atoms with Crippen LogP contribution in [0.4, 0.5) is 0 Å². The first-order chi connectivity index (χ1) is 16.0. The molecule has 5 nitrogen and oxygen atoms in total. The van der Waals surface area contributed by atoms with Crippen LogP contribution in [0, 0.1) is 5.92 Å². The Morgan fingerprint density at radius 2 is 1.70 bits per heavy atom. The van der Waals surface area contributed by atoms with Gasteiger partial charge in [0.25, 0.3) is 0 Å². The van der Waals surface area contributed by atoms with E-state index in [1.165, 1.54) is 5.56 Å². The van der Waals surface area contributed by atoms with Crippen LogP contribution in [0.2, 0.25) is 0 Å². The third-order valence-corrected chi connectivity index (χ3v) is 6.10. The largest absolute Gasteiger partial charge is 0.512 e. The molecule has 1 fully saturated rings. The van der Waals surface area contributed by atoms with Crippen molar-refractivity contribution in [3.63, 3.8) is 0 Å². The normalized spacial score (nSPS) is 20.8. The van der Waals surface area contributed by atoms with Gasteiger partial charge >= 0.3 is 5.97 Å². The van der Waals surface area contributed by atoms with Crippen LogP contribution < -0.4 is 0 Å². The van der Waals surface area contributed by atoms with Gasteiger partial charge in [0.1, 0.15) is 0 Å². The number of esters is 1. The molecule has 1 saturated carbocycles. The molecule has 0 amide bonds. The van der Waals surface area contributed by atoms with Crippen LogP contribution in [-0.2, 0) is 27.2 Å². The highest BCUT2D eigenvalue weighted by Gasteiger charge is 2.46. The minimum atomic E-state index is -1.17. The molecule has 0 bridgehead atoms. The summed E-state index contributed by atoms with van der Waals surface area (Å²) in [5.74, 6) is -1.94. The second-order valence-corrected chi connectivity index (χ2v) is 8.54. The van der Waals surface area contributed by atoms with Gasteiger partial charge in [-0.2, -0.15) is 0 Å². The average Bonchev–Trinajstić information content (AvgIpc) is 3.09. The van der Waals surface area contributed by atoms with Crippen LogP contribution in [-0.4, -0.2) is 34.2 Å². The Balaban J connectivity index is 1.37. The van der Waals surface area contributed by atoms with Gasteiger partial charge in [-0.25, -0.2) is 0 Å². The number of carbonyl (C=O) groups is 2. The van der Waals surface area contributed by atoms with Crippen molar-refractivity contribution in [3.8, 4) is 0 Å². The number of ketones is 1. The SMILES string of the molecule is O=C(Cc1ccc2ccccc2c1)OC1C(=O)CC(O)C1/C(O)=C/CCCc1ccccc1. The smallest absolute Gasteiger partial charge is 0.310 e. The van der Waals surface area contributed by atoms with Crippen molar-refractivity contribution in [2.45, 2.75) is 44.3 Å². The summed E-state index contributed by atoms with van der Waals surface area (Å²) in [6, 6.07) is 23.6. The predicted octanol–water partition coefficient (Wildman–Crippen LogP) is 4.71. The molecule has 3 aromatic carbocycles. The number of aryl methyl sites for hydroxylation is 1. The Morgan fingerprint density at radius 3 is 2.48 bits per heavy atom. The molecular weight excluding hydrogens is 416 g/mol. The molecule has 0 aromatic heterocycles. The predicted molar refractivity (Wildman–Crippen MR) is 127 cm³/mol. The van der Waals surface area contributed by atoms with Crippen molar-refractivity contribution in [1.29, 1.82) is 0 Å². The average molecular weight is 445 g/mol. The molecule has 5 heteroatoms. The molecule has 0 radical (unpaired) electrons. The first kappa shape index (κ1) is 22.7. The molecule has 170 valence electrons. The van der Waals surface area contributed by atoms with Crippen LogP contribution in [0.15, 0.2) is 84.6 Å². The lowest BCUT2D eigenvalue weighted by Gasteiger charge is -2.21. The van der Waals surface area contributed by atoms with Gasteiger partial charge in [-0.15, -0.1) is 0 Å². The fourth-order valence-electron chi connectivity index (χ4n) is 4.38. The molecule has 3 unspecified atom stereocenters. The fraction of sp³-hybridized carbons (Fsp3) is 0.286. The van der Waals surface area contributed by atoms with Gasteiger partial charge in [-0.1, -0.05) is 72.8 Å². The lowest BCUT2D eigenvalue weighted by Crippen LogP contribution is -2.32. The molecule has 33 heavy (non-hydrogen) atoms. The first-order valence-corrected chi connectivity index (χ1v) is 11.3. The number of carbonyl (C=O) groups excluding carboxylic acids is 2. The van der Waals surface area contributed by atoms with Crippen LogP contribution >= 0.6 is 0 Å². The molecule has 0 spiro atoms. The minimum absolute atomic E-state index is 0.0129. The van der Waals surface area contributed by atoms with Crippen LogP contribution in [0.5, 0.6) is 0 Å². The van der Waals surface area contributed by atoms with Crippen LogP contribution in [0.3, 0.4) is 0 Å². The van der Waals surface area contributed by atoms with E-state index in [1.54, 1.807) is 6.08 Å². The minimum Gasteiger partial charge on any atom is -0.512 e. The van der Waals surface area contributed by atoms with Gasteiger partial charge in [-0.3, -0.25) is 9.59 Å². The van der Waals surface area contributed by atoms with E-state index in [4.69, 9.17) is 4.74 Å². The molecule has 3 aromatic rings. The third-order valence-electron chi connectivity index (χ3n) is 6.10. The zero-order valence-corrected chi connectivity index (χ0v) is 18.4. The molecule has 1 aliphatic carbocycles. The van der Waals surface area contributed by atoms with E-state index in [1.807, 2.05) is 72.8 Å². The summed E-state index contributed by atoms with van der Waals surface area (Å²) in [5.41, 5.74) is 1.99. The number of hydrogen-bond donors (Lipinski definition) is 2.